The zero-order valence-corrected chi connectivity index (χ0v) is 17.5. The van der Waals surface area contributed by atoms with Gasteiger partial charge in [0.1, 0.15) is 23.4 Å². The van der Waals surface area contributed by atoms with E-state index < -0.39 is 16.9 Å². The van der Waals surface area contributed by atoms with Crippen LogP contribution in [0.3, 0.4) is 0 Å². The molecule has 0 radical (unpaired) electrons. The van der Waals surface area contributed by atoms with Gasteiger partial charge in [0, 0.05) is 43.0 Å². The number of hydrogen-bond donors (Lipinski definition) is 2. The minimum absolute atomic E-state index is 0.0396. The van der Waals surface area contributed by atoms with Crippen molar-refractivity contribution in [1.82, 2.24) is 25.1 Å². The molecule has 0 saturated heterocycles. The van der Waals surface area contributed by atoms with Crippen LogP contribution >= 0.6 is 0 Å². The summed E-state index contributed by atoms with van der Waals surface area (Å²) in [5, 5.41) is 21.3. The van der Waals surface area contributed by atoms with E-state index in [2.05, 4.69) is 20.5 Å². The number of nitro benzene ring substituents is 1. The number of aromatic amines is 1. The Balaban J connectivity index is 1.77. The van der Waals surface area contributed by atoms with Crippen LogP contribution in [0.4, 0.5) is 5.69 Å². The lowest BCUT2D eigenvalue weighted by Gasteiger charge is -2.20. The van der Waals surface area contributed by atoms with E-state index in [4.69, 9.17) is 9.47 Å². The standard InChI is InChI=1S/C21H20N6O5/c1-26-7-6-22-20(26)18(12-8-14(31-2)11-15(9-12)32-3)23-21(28)19-16-10-13(27(29)30)4-5-17(16)24-25-19/h4-11,18H,1-3H3,(H,23,28)(H,24,25)/t18-/m1/s1. The summed E-state index contributed by atoms with van der Waals surface area (Å²) in [6.07, 6.45) is 3.39. The molecule has 2 heterocycles. The smallest absolute Gasteiger partial charge is 0.273 e. The second-order valence-electron chi connectivity index (χ2n) is 7.01. The van der Waals surface area contributed by atoms with Crippen molar-refractivity contribution in [2.24, 2.45) is 7.05 Å². The van der Waals surface area contributed by atoms with Crippen molar-refractivity contribution in [3.05, 3.63) is 76.0 Å². The van der Waals surface area contributed by atoms with E-state index in [9.17, 15) is 14.9 Å². The number of aromatic nitrogens is 4. The third-order valence-electron chi connectivity index (χ3n) is 5.07. The highest BCUT2D eigenvalue weighted by atomic mass is 16.6. The first-order valence-corrected chi connectivity index (χ1v) is 9.55. The van der Waals surface area contributed by atoms with Gasteiger partial charge in [-0.3, -0.25) is 20.0 Å². The van der Waals surface area contributed by atoms with Crippen molar-refractivity contribution in [3.8, 4) is 11.5 Å². The Labute approximate surface area is 182 Å². The number of carbonyl (C=O) groups excluding carboxylic acids is 1. The molecule has 0 spiro atoms. The molecule has 4 aromatic rings. The summed E-state index contributed by atoms with van der Waals surface area (Å²) in [5.74, 6) is 1.15. The molecule has 0 fully saturated rings. The Hall–Kier alpha value is -4.41. The molecule has 0 aliphatic carbocycles. The van der Waals surface area contributed by atoms with E-state index in [0.29, 0.717) is 33.8 Å². The normalized spacial score (nSPS) is 11.8. The summed E-state index contributed by atoms with van der Waals surface area (Å²) in [6, 6.07) is 8.78. The predicted molar refractivity (Wildman–Crippen MR) is 115 cm³/mol. The van der Waals surface area contributed by atoms with Crippen LogP contribution in [0, 0.1) is 10.1 Å². The van der Waals surface area contributed by atoms with Crippen molar-refractivity contribution in [1.29, 1.82) is 0 Å². The second kappa shape index (κ2) is 8.38. The van der Waals surface area contributed by atoms with E-state index in [1.807, 2.05) is 7.05 Å². The van der Waals surface area contributed by atoms with Crippen molar-refractivity contribution >= 4 is 22.5 Å². The molecule has 11 heteroatoms. The first-order valence-electron chi connectivity index (χ1n) is 9.55. The summed E-state index contributed by atoms with van der Waals surface area (Å²) < 4.78 is 12.5. The monoisotopic (exact) mass is 436 g/mol. The highest BCUT2D eigenvalue weighted by molar-refractivity contribution is 6.05. The van der Waals surface area contributed by atoms with Crippen LogP contribution in [0.1, 0.15) is 27.9 Å². The van der Waals surface area contributed by atoms with Crippen LogP contribution in [0.2, 0.25) is 0 Å². The number of carbonyl (C=O) groups is 1. The van der Waals surface area contributed by atoms with Crippen molar-refractivity contribution < 1.29 is 19.2 Å². The number of nitrogens with zero attached hydrogens (tertiary/aromatic N) is 4. The number of hydrogen-bond acceptors (Lipinski definition) is 7. The molecule has 2 aromatic heterocycles. The van der Waals surface area contributed by atoms with E-state index in [-0.39, 0.29) is 11.4 Å². The van der Waals surface area contributed by atoms with Gasteiger partial charge in [-0.2, -0.15) is 5.10 Å². The van der Waals surface area contributed by atoms with Crippen molar-refractivity contribution in [2.45, 2.75) is 6.04 Å². The van der Waals surface area contributed by atoms with Gasteiger partial charge >= 0.3 is 0 Å². The maximum atomic E-state index is 13.2. The highest BCUT2D eigenvalue weighted by Gasteiger charge is 2.25. The van der Waals surface area contributed by atoms with Gasteiger partial charge in [0.15, 0.2) is 5.69 Å². The number of nitro groups is 1. The largest absolute Gasteiger partial charge is 0.497 e. The molecule has 1 atom stereocenters. The summed E-state index contributed by atoms with van der Waals surface area (Å²) in [7, 11) is 4.89. The number of rotatable bonds is 7. The summed E-state index contributed by atoms with van der Waals surface area (Å²) in [4.78, 5) is 28.3. The fourth-order valence-electron chi connectivity index (χ4n) is 3.44. The first-order chi connectivity index (χ1) is 15.4. The number of H-pyrrole nitrogens is 1. The number of non-ortho nitro benzene ring substituents is 1. The number of ether oxygens (including phenoxy) is 2. The van der Waals surface area contributed by atoms with Gasteiger partial charge < -0.3 is 19.4 Å². The van der Waals surface area contributed by atoms with Crippen LogP contribution < -0.4 is 14.8 Å². The molecule has 2 N–H and O–H groups in total. The van der Waals surface area contributed by atoms with Crippen LogP contribution in [0.5, 0.6) is 11.5 Å². The topological polar surface area (TPSA) is 137 Å². The third kappa shape index (κ3) is 3.83. The lowest BCUT2D eigenvalue weighted by Crippen LogP contribution is -2.31. The van der Waals surface area contributed by atoms with Crippen molar-refractivity contribution in [2.75, 3.05) is 14.2 Å². The van der Waals surface area contributed by atoms with Crippen LogP contribution in [0.25, 0.3) is 10.9 Å². The molecule has 0 unspecified atom stereocenters. The van der Waals surface area contributed by atoms with Crippen LogP contribution in [0.15, 0.2) is 48.8 Å². The highest BCUT2D eigenvalue weighted by Crippen LogP contribution is 2.30. The second-order valence-corrected chi connectivity index (χ2v) is 7.01. The van der Waals surface area contributed by atoms with Crippen LogP contribution in [-0.4, -0.2) is 44.8 Å². The zero-order valence-electron chi connectivity index (χ0n) is 17.5. The fourth-order valence-corrected chi connectivity index (χ4v) is 3.44. The van der Waals surface area contributed by atoms with Gasteiger partial charge in [-0.1, -0.05) is 0 Å². The molecule has 2 aromatic carbocycles. The number of imidazole rings is 1. The SMILES string of the molecule is COc1cc(OC)cc([C@@H](NC(=O)c2n[nH]c3ccc([N+](=O)[O-])cc23)c2nccn2C)c1. The molecule has 0 aliphatic rings. The quantitative estimate of drug-likeness (QED) is 0.336. The average molecular weight is 436 g/mol. The molecule has 32 heavy (non-hydrogen) atoms. The van der Waals surface area contributed by atoms with E-state index in [1.165, 1.54) is 32.4 Å². The van der Waals surface area contributed by atoms with Gasteiger partial charge in [-0.15, -0.1) is 0 Å². The lowest BCUT2D eigenvalue weighted by molar-refractivity contribution is -0.384. The molecular formula is C21H20N6O5. The maximum Gasteiger partial charge on any atom is 0.273 e. The summed E-state index contributed by atoms with van der Waals surface area (Å²) in [6.45, 7) is 0. The lowest BCUT2D eigenvalue weighted by atomic mass is 10.0. The Bertz CT molecular complexity index is 1290. The van der Waals surface area contributed by atoms with Crippen LogP contribution in [-0.2, 0) is 7.05 Å². The molecule has 0 aliphatic heterocycles. The fraction of sp³-hybridized carbons (Fsp3) is 0.190. The molecule has 0 bridgehead atoms. The Morgan fingerprint density at radius 1 is 1.19 bits per heavy atom. The third-order valence-corrected chi connectivity index (χ3v) is 5.07. The van der Waals surface area contributed by atoms with Crippen molar-refractivity contribution in [3.63, 3.8) is 0 Å². The minimum atomic E-state index is -0.669. The van der Waals surface area contributed by atoms with E-state index in [1.54, 1.807) is 35.2 Å². The number of aryl methyl sites for hydroxylation is 1. The number of amides is 1. The Morgan fingerprint density at radius 2 is 1.91 bits per heavy atom. The van der Waals surface area contributed by atoms with Gasteiger partial charge in [0.05, 0.1) is 24.7 Å². The maximum absolute atomic E-state index is 13.2. The van der Waals surface area contributed by atoms with Gasteiger partial charge in [-0.05, 0) is 23.8 Å². The number of methoxy groups -OCH3 is 2. The van der Waals surface area contributed by atoms with E-state index >= 15 is 0 Å². The first kappa shape index (κ1) is 20.8. The number of fused-ring (bicyclic) bond motifs is 1. The summed E-state index contributed by atoms with van der Waals surface area (Å²) >= 11 is 0. The van der Waals surface area contributed by atoms with Gasteiger partial charge in [0.2, 0.25) is 0 Å². The molecule has 164 valence electrons. The average Bonchev–Trinajstić information content (AvgIpc) is 3.42. The molecule has 0 saturated carbocycles. The molecule has 4 rings (SSSR count). The Morgan fingerprint density at radius 3 is 2.50 bits per heavy atom. The van der Waals surface area contributed by atoms with Gasteiger partial charge in [0.25, 0.3) is 11.6 Å². The number of nitrogens with one attached hydrogen (secondary N) is 2. The predicted octanol–water partition coefficient (Wildman–Crippen LogP) is 2.74. The molecular weight excluding hydrogens is 416 g/mol. The molecule has 11 nitrogen and oxygen atoms in total. The minimum Gasteiger partial charge on any atom is -0.497 e. The van der Waals surface area contributed by atoms with E-state index in [0.717, 1.165) is 0 Å². The summed E-state index contributed by atoms with van der Waals surface area (Å²) in [5.41, 5.74) is 1.09. The van der Waals surface area contributed by atoms with Gasteiger partial charge in [-0.25, -0.2) is 4.98 Å². The zero-order chi connectivity index (χ0) is 22.8. The molecule has 1 amide bonds. The Kier molecular flexibility index (Phi) is 5.46. The number of benzene rings is 2.